The molecule has 7 nitrogen and oxygen atoms in total. The molecule has 29 heavy (non-hydrogen) atoms. The average molecular weight is 405 g/mol. The van der Waals surface area contributed by atoms with Crippen LogP contribution in [-0.2, 0) is 10.0 Å². The SMILES string of the molecule is Cc1cc(C)n(-c2cc(NS(=O)(=O)c3ccc(-c4ccccc4)cc3)ncn2)n1. The van der Waals surface area contributed by atoms with Crippen LogP contribution in [0.15, 0.2) is 78.0 Å². The molecule has 0 radical (unpaired) electrons. The summed E-state index contributed by atoms with van der Waals surface area (Å²) in [7, 11) is -3.79. The number of hydrogen-bond donors (Lipinski definition) is 1. The minimum absolute atomic E-state index is 0.156. The van der Waals surface area contributed by atoms with Gasteiger partial charge in [-0.3, -0.25) is 4.72 Å². The van der Waals surface area contributed by atoms with Gasteiger partial charge in [-0.25, -0.2) is 23.1 Å². The van der Waals surface area contributed by atoms with Crippen LogP contribution < -0.4 is 4.72 Å². The Hall–Kier alpha value is -3.52. The second-order valence-electron chi connectivity index (χ2n) is 6.60. The molecular formula is C21H19N5O2S. The number of rotatable bonds is 5. The van der Waals surface area contributed by atoms with Gasteiger partial charge in [-0.2, -0.15) is 5.10 Å². The molecule has 0 unspecified atom stereocenters. The molecule has 2 aromatic heterocycles. The van der Waals surface area contributed by atoms with Crippen molar-refractivity contribution in [2.45, 2.75) is 18.7 Å². The summed E-state index contributed by atoms with van der Waals surface area (Å²) in [5.74, 6) is 0.664. The van der Waals surface area contributed by atoms with E-state index in [1.165, 1.54) is 6.33 Å². The third-order valence-electron chi connectivity index (χ3n) is 4.39. The molecule has 0 saturated heterocycles. The van der Waals surface area contributed by atoms with Crippen molar-refractivity contribution in [2.24, 2.45) is 0 Å². The predicted octanol–water partition coefficient (Wildman–Crippen LogP) is 3.75. The highest BCUT2D eigenvalue weighted by Gasteiger charge is 2.16. The van der Waals surface area contributed by atoms with E-state index in [-0.39, 0.29) is 10.7 Å². The van der Waals surface area contributed by atoms with Crippen molar-refractivity contribution >= 4 is 15.8 Å². The maximum Gasteiger partial charge on any atom is 0.263 e. The first-order valence-electron chi connectivity index (χ1n) is 8.96. The van der Waals surface area contributed by atoms with Gasteiger partial charge in [0.2, 0.25) is 0 Å². The summed E-state index contributed by atoms with van der Waals surface area (Å²) >= 11 is 0. The Morgan fingerprint density at radius 1 is 0.862 bits per heavy atom. The van der Waals surface area contributed by atoms with E-state index in [0.29, 0.717) is 5.82 Å². The Morgan fingerprint density at radius 2 is 1.55 bits per heavy atom. The monoisotopic (exact) mass is 405 g/mol. The van der Waals surface area contributed by atoms with Gasteiger partial charge < -0.3 is 0 Å². The summed E-state index contributed by atoms with van der Waals surface area (Å²) in [6, 6.07) is 20.0. The molecule has 0 aliphatic heterocycles. The molecule has 0 fully saturated rings. The van der Waals surface area contributed by atoms with Crippen molar-refractivity contribution in [3.05, 3.63) is 84.4 Å². The van der Waals surface area contributed by atoms with Gasteiger partial charge in [0, 0.05) is 11.8 Å². The van der Waals surface area contributed by atoms with Crippen molar-refractivity contribution in [2.75, 3.05) is 4.72 Å². The standard InChI is InChI=1S/C21H19N5O2S/c1-15-12-16(2)26(24-15)21-13-20(22-14-23-21)25-29(27,28)19-10-8-18(9-11-19)17-6-4-3-5-7-17/h3-14H,1-2H3,(H,22,23,25). The van der Waals surface area contributed by atoms with Crippen LogP contribution in [0.25, 0.3) is 16.9 Å². The third-order valence-corrected chi connectivity index (χ3v) is 5.76. The number of anilines is 1. The first kappa shape index (κ1) is 18.8. The molecule has 0 bridgehead atoms. The Kier molecular flexibility index (Phi) is 4.85. The molecule has 0 saturated carbocycles. The summed E-state index contributed by atoms with van der Waals surface area (Å²) in [4.78, 5) is 8.38. The lowest BCUT2D eigenvalue weighted by Gasteiger charge is -2.10. The van der Waals surface area contributed by atoms with E-state index < -0.39 is 10.0 Å². The van der Waals surface area contributed by atoms with Crippen molar-refractivity contribution in [3.63, 3.8) is 0 Å². The molecule has 0 aliphatic carbocycles. The van der Waals surface area contributed by atoms with Gasteiger partial charge in [-0.1, -0.05) is 42.5 Å². The second-order valence-corrected chi connectivity index (χ2v) is 8.28. The topological polar surface area (TPSA) is 89.8 Å². The average Bonchev–Trinajstić information content (AvgIpc) is 3.07. The zero-order chi connectivity index (χ0) is 20.4. The number of aryl methyl sites for hydroxylation is 2. The Balaban J connectivity index is 1.59. The quantitative estimate of drug-likeness (QED) is 0.546. The van der Waals surface area contributed by atoms with E-state index >= 15 is 0 Å². The lowest BCUT2D eigenvalue weighted by molar-refractivity contribution is 0.601. The number of nitrogens with one attached hydrogen (secondary N) is 1. The van der Waals surface area contributed by atoms with Crippen LogP contribution in [0.3, 0.4) is 0 Å². The molecule has 4 rings (SSSR count). The van der Waals surface area contributed by atoms with Gasteiger partial charge in [0.05, 0.1) is 10.6 Å². The van der Waals surface area contributed by atoms with E-state index in [4.69, 9.17) is 0 Å². The molecular weight excluding hydrogens is 386 g/mol. The van der Waals surface area contributed by atoms with Crippen molar-refractivity contribution in [3.8, 4) is 16.9 Å². The van der Waals surface area contributed by atoms with Gasteiger partial charge >= 0.3 is 0 Å². The first-order chi connectivity index (χ1) is 13.9. The molecule has 1 N–H and O–H groups in total. The summed E-state index contributed by atoms with van der Waals surface area (Å²) in [6.07, 6.45) is 1.31. The summed E-state index contributed by atoms with van der Waals surface area (Å²) in [6.45, 7) is 3.79. The molecule has 146 valence electrons. The molecule has 0 spiro atoms. The van der Waals surface area contributed by atoms with E-state index in [1.54, 1.807) is 35.0 Å². The molecule has 4 aromatic rings. The fourth-order valence-corrected chi connectivity index (χ4v) is 4.03. The van der Waals surface area contributed by atoms with Crippen molar-refractivity contribution < 1.29 is 8.42 Å². The maximum atomic E-state index is 12.8. The minimum Gasteiger partial charge on any atom is -0.263 e. The van der Waals surface area contributed by atoms with Crippen LogP contribution in [0, 0.1) is 13.8 Å². The zero-order valence-electron chi connectivity index (χ0n) is 15.9. The molecule has 0 aliphatic rings. The van der Waals surface area contributed by atoms with E-state index in [0.717, 1.165) is 22.5 Å². The third kappa shape index (κ3) is 4.02. The smallest absolute Gasteiger partial charge is 0.263 e. The molecule has 2 heterocycles. The molecule has 0 atom stereocenters. The fourth-order valence-electron chi connectivity index (χ4n) is 3.03. The summed E-state index contributed by atoms with van der Waals surface area (Å²) in [5, 5.41) is 4.36. The van der Waals surface area contributed by atoms with Gasteiger partial charge in [0.25, 0.3) is 10.0 Å². The van der Waals surface area contributed by atoms with Crippen LogP contribution in [0.5, 0.6) is 0 Å². The summed E-state index contributed by atoms with van der Waals surface area (Å²) < 4.78 is 29.7. The number of benzene rings is 2. The molecule has 2 aromatic carbocycles. The number of nitrogens with zero attached hydrogens (tertiary/aromatic N) is 4. The molecule has 0 amide bonds. The van der Waals surface area contributed by atoms with Crippen molar-refractivity contribution in [1.29, 1.82) is 0 Å². The van der Waals surface area contributed by atoms with Crippen LogP contribution in [-0.4, -0.2) is 28.2 Å². The van der Waals surface area contributed by atoms with Crippen LogP contribution in [0.4, 0.5) is 5.82 Å². The van der Waals surface area contributed by atoms with Gasteiger partial charge in [-0.05, 0) is 43.2 Å². The highest BCUT2D eigenvalue weighted by atomic mass is 32.2. The van der Waals surface area contributed by atoms with Crippen LogP contribution >= 0.6 is 0 Å². The van der Waals surface area contributed by atoms with E-state index in [9.17, 15) is 8.42 Å². The predicted molar refractivity (Wildman–Crippen MR) is 111 cm³/mol. The van der Waals surface area contributed by atoms with E-state index in [1.807, 2.05) is 50.2 Å². The van der Waals surface area contributed by atoms with Gasteiger partial charge in [0.1, 0.15) is 12.1 Å². The Morgan fingerprint density at radius 3 is 2.21 bits per heavy atom. The Labute approximate surface area is 169 Å². The highest BCUT2D eigenvalue weighted by Crippen LogP contribution is 2.22. The normalized spacial score (nSPS) is 11.4. The number of sulfonamides is 1. The van der Waals surface area contributed by atoms with Crippen LogP contribution in [0.2, 0.25) is 0 Å². The van der Waals surface area contributed by atoms with Crippen LogP contribution in [0.1, 0.15) is 11.4 Å². The maximum absolute atomic E-state index is 12.8. The number of hydrogen-bond acceptors (Lipinski definition) is 5. The van der Waals surface area contributed by atoms with Gasteiger partial charge in [0.15, 0.2) is 5.82 Å². The van der Waals surface area contributed by atoms with Crippen molar-refractivity contribution in [1.82, 2.24) is 19.7 Å². The van der Waals surface area contributed by atoms with E-state index in [2.05, 4.69) is 19.8 Å². The highest BCUT2D eigenvalue weighted by molar-refractivity contribution is 7.92. The molecule has 8 heteroatoms. The largest absolute Gasteiger partial charge is 0.263 e. The number of aromatic nitrogens is 4. The van der Waals surface area contributed by atoms with Gasteiger partial charge in [-0.15, -0.1) is 0 Å². The lowest BCUT2D eigenvalue weighted by atomic mass is 10.1. The summed E-state index contributed by atoms with van der Waals surface area (Å²) in [5.41, 5.74) is 3.71. The second kappa shape index (κ2) is 7.48. The first-order valence-corrected chi connectivity index (χ1v) is 10.4. The Bertz CT molecular complexity index is 1250. The lowest BCUT2D eigenvalue weighted by Crippen LogP contribution is -2.14. The fraction of sp³-hybridized carbons (Fsp3) is 0.0952. The zero-order valence-corrected chi connectivity index (χ0v) is 16.8. The minimum atomic E-state index is -3.79.